The molecule has 0 fully saturated rings. The Bertz CT molecular complexity index is 613. The fourth-order valence-corrected chi connectivity index (χ4v) is 2.40. The number of hydrogen-bond donors (Lipinski definition) is 1. The summed E-state index contributed by atoms with van der Waals surface area (Å²) in [6.45, 7) is 9.16. The molecule has 108 valence electrons. The molecule has 0 saturated heterocycles. The SMILES string of the molecule is CCn1c(C(C)Oc2ccc(C(C)C)cc2)n[nH]c1=S. The number of hydrogen-bond acceptors (Lipinski definition) is 3. The van der Waals surface area contributed by atoms with Gasteiger partial charge in [0.15, 0.2) is 16.7 Å². The standard InChI is InChI=1S/C15H21N3OS/c1-5-18-14(16-17-15(18)20)11(4)19-13-8-6-12(7-9-13)10(2)3/h6-11H,5H2,1-4H3,(H,17,20). The van der Waals surface area contributed by atoms with Crippen LogP contribution in [0.3, 0.4) is 0 Å². The van der Waals surface area contributed by atoms with Gasteiger partial charge in [-0.05, 0) is 49.7 Å². The lowest BCUT2D eigenvalue weighted by atomic mass is 10.0. The van der Waals surface area contributed by atoms with E-state index in [4.69, 9.17) is 17.0 Å². The molecule has 1 unspecified atom stereocenters. The molecule has 0 aliphatic carbocycles. The van der Waals surface area contributed by atoms with Crippen LogP contribution >= 0.6 is 12.2 Å². The maximum Gasteiger partial charge on any atom is 0.195 e. The number of benzene rings is 1. The van der Waals surface area contributed by atoms with E-state index >= 15 is 0 Å². The van der Waals surface area contributed by atoms with Gasteiger partial charge in [-0.1, -0.05) is 26.0 Å². The van der Waals surface area contributed by atoms with Gasteiger partial charge in [-0.25, -0.2) is 0 Å². The van der Waals surface area contributed by atoms with Gasteiger partial charge in [0.1, 0.15) is 5.75 Å². The Morgan fingerprint density at radius 3 is 2.45 bits per heavy atom. The van der Waals surface area contributed by atoms with Crippen molar-refractivity contribution < 1.29 is 4.74 Å². The molecule has 1 aromatic carbocycles. The zero-order valence-electron chi connectivity index (χ0n) is 12.4. The molecule has 1 N–H and O–H groups in total. The van der Waals surface area contributed by atoms with Gasteiger partial charge in [0.25, 0.3) is 0 Å². The van der Waals surface area contributed by atoms with Crippen molar-refractivity contribution in [2.24, 2.45) is 0 Å². The van der Waals surface area contributed by atoms with E-state index in [1.165, 1.54) is 5.56 Å². The van der Waals surface area contributed by atoms with E-state index in [0.29, 0.717) is 10.7 Å². The minimum Gasteiger partial charge on any atom is -0.483 e. The fraction of sp³-hybridized carbons (Fsp3) is 0.467. The van der Waals surface area contributed by atoms with Crippen molar-refractivity contribution in [1.82, 2.24) is 14.8 Å². The van der Waals surface area contributed by atoms with Crippen LogP contribution in [-0.2, 0) is 6.54 Å². The third kappa shape index (κ3) is 3.10. The third-order valence-corrected chi connectivity index (χ3v) is 3.64. The van der Waals surface area contributed by atoms with Crippen LogP contribution < -0.4 is 4.74 Å². The average Bonchev–Trinajstić information content (AvgIpc) is 2.80. The summed E-state index contributed by atoms with van der Waals surface area (Å²) in [5.74, 6) is 2.20. The van der Waals surface area contributed by atoms with Crippen LogP contribution in [0.15, 0.2) is 24.3 Å². The largest absolute Gasteiger partial charge is 0.483 e. The lowest BCUT2D eigenvalue weighted by Gasteiger charge is -2.15. The number of nitrogens with zero attached hydrogens (tertiary/aromatic N) is 2. The summed E-state index contributed by atoms with van der Waals surface area (Å²) >= 11 is 5.19. The van der Waals surface area contributed by atoms with E-state index in [0.717, 1.165) is 18.1 Å². The van der Waals surface area contributed by atoms with Gasteiger partial charge in [-0.15, -0.1) is 0 Å². The fourth-order valence-electron chi connectivity index (χ4n) is 2.13. The maximum absolute atomic E-state index is 5.94. The Labute approximate surface area is 124 Å². The number of aromatic amines is 1. The Balaban J connectivity index is 2.14. The molecule has 4 nitrogen and oxygen atoms in total. The highest BCUT2D eigenvalue weighted by atomic mass is 32.1. The molecule has 0 spiro atoms. The number of nitrogens with one attached hydrogen (secondary N) is 1. The molecule has 0 saturated carbocycles. The Hall–Kier alpha value is -1.62. The van der Waals surface area contributed by atoms with Gasteiger partial charge in [0.05, 0.1) is 0 Å². The van der Waals surface area contributed by atoms with E-state index in [-0.39, 0.29) is 6.10 Å². The molecule has 1 heterocycles. The number of rotatable bonds is 5. The maximum atomic E-state index is 5.94. The Kier molecular flexibility index (Phi) is 4.60. The van der Waals surface area contributed by atoms with Crippen LogP contribution in [0.2, 0.25) is 0 Å². The number of H-pyrrole nitrogens is 1. The molecule has 1 atom stereocenters. The number of ether oxygens (including phenoxy) is 1. The van der Waals surface area contributed by atoms with Crippen LogP contribution in [-0.4, -0.2) is 14.8 Å². The molecule has 0 aliphatic heterocycles. The van der Waals surface area contributed by atoms with Crippen molar-refractivity contribution in [2.75, 3.05) is 0 Å². The zero-order chi connectivity index (χ0) is 14.7. The van der Waals surface area contributed by atoms with Crippen LogP contribution in [0.4, 0.5) is 0 Å². The summed E-state index contributed by atoms with van der Waals surface area (Å²) < 4.78 is 8.52. The van der Waals surface area contributed by atoms with E-state index in [1.807, 2.05) is 30.5 Å². The van der Waals surface area contributed by atoms with Gasteiger partial charge in [0.2, 0.25) is 0 Å². The molecular weight excluding hydrogens is 270 g/mol. The highest BCUT2D eigenvalue weighted by molar-refractivity contribution is 7.71. The molecule has 20 heavy (non-hydrogen) atoms. The van der Waals surface area contributed by atoms with Gasteiger partial charge in [0, 0.05) is 6.54 Å². The quantitative estimate of drug-likeness (QED) is 0.839. The van der Waals surface area contributed by atoms with Gasteiger partial charge < -0.3 is 9.30 Å². The summed E-state index contributed by atoms with van der Waals surface area (Å²) in [6, 6.07) is 8.21. The van der Waals surface area contributed by atoms with Crippen molar-refractivity contribution >= 4 is 12.2 Å². The van der Waals surface area contributed by atoms with Gasteiger partial charge >= 0.3 is 0 Å². The van der Waals surface area contributed by atoms with E-state index in [9.17, 15) is 0 Å². The minimum absolute atomic E-state index is 0.146. The second kappa shape index (κ2) is 6.22. The third-order valence-electron chi connectivity index (χ3n) is 3.33. The molecule has 2 aromatic rings. The summed E-state index contributed by atoms with van der Waals surface area (Å²) in [4.78, 5) is 0. The van der Waals surface area contributed by atoms with Crippen LogP contribution in [0.25, 0.3) is 0 Å². The van der Waals surface area contributed by atoms with E-state index in [1.54, 1.807) is 0 Å². The first kappa shape index (κ1) is 14.8. The van der Waals surface area contributed by atoms with Crippen LogP contribution in [0, 0.1) is 4.77 Å². The van der Waals surface area contributed by atoms with E-state index < -0.39 is 0 Å². The first-order valence-corrected chi connectivity index (χ1v) is 7.35. The van der Waals surface area contributed by atoms with Crippen LogP contribution in [0.1, 0.15) is 51.1 Å². The first-order chi connectivity index (χ1) is 9.52. The summed E-state index contributed by atoms with van der Waals surface area (Å²) in [5.41, 5.74) is 1.31. The highest BCUT2D eigenvalue weighted by Crippen LogP contribution is 2.23. The van der Waals surface area contributed by atoms with Gasteiger partial charge in [-0.2, -0.15) is 5.10 Å². The predicted octanol–water partition coefficient (Wildman–Crippen LogP) is 4.22. The second-order valence-corrected chi connectivity index (χ2v) is 5.50. The topological polar surface area (TPSA) is 42.8 Å². The predicted molar refractivity (Wildman–Crippen MR) is 82.7 cm³/mol. The number of aromatic nitrogens is 3. The summed E-state index contributed by atoms with van der Waals surface area (Å²) in [6.07, 6.45) is -0.146. The normalized spacial score (nSPS) is 12.7. The lowest BCUT2D eigenvalue weighted by Crippen LogP contribution is -2.11. The molecule has 0 bridgehead atoms. The highest BCUT2D eigenvalue weighted by Gasteiger charge is 2.15. The molecule has 1 aromatic heterocycles. The second-order valence-electron chi connectivity index (χ2n) is 5.12. The molecule has 0 radical (unpaired) electrons. The van der Waals surface area contributed by atoms with Crippen LogP contribution in [0.5, 0.6) is 5.75 Å². The molecule has 0 aliphatic rings. The average molecular weight is 291 g/mol. The zero-order valence-corrected chi connectivity index (χ0v) is 13.2. The van der Waals surface area contributed by atoms with Gasteiger partial charge in [-0.3, -0.25) is 5.10 Å². The molecule has 0 amide bonds. The van der Waals surface area contributed by atoms with Crippen molar-refractivity contribution in [3.63, 3.8) is 0 Å². The smallest absolute Gasteiger partial charge is 0.195 e. The molecule has 5 heteroatoms. The lowest BCUT2D eigenvalue weighted by molar-refractivity contribution is 0.210. The van der Waals surface area contributed by atoms with Crippen molar-refractivity contribution in [3.05, 3.63) is 40.4 Å². The molecular formula is C15H21N3OS. The van der Waals surface area contributed by atoms with Crippen molar-refractivity contribution in [1.29, 1.82) is 0 Å². The first-order valence-electron chi connectivity index (χ1n) is 6.94. The van der Waals surface area contributed by atoms with Crippen molar-refractivity contribution in [2.45, 2.75) is 46.3 Å². The molecule has 2 rings (SSSR count). The van der Waals surface area contributed by atoms with Crippen molar-refractivity contribution in [3.8, 4) is 5.75 Å². The minimum atomic E-state index is -0.146. The Morgan fingerprint density at radius 2 is 1.90 bits per heavy atom. The summed E-state index contributed by atoms with van der Waals surface area (Å²) in [5, 5.41) is 7.06. The monoisotopic (exact) mass is 291 g/mol. The van der Waals surface area contributed by atoms with E-state index in [2.05, 4.69) is 36.2 Å². The summed E-state index contributed by atoms with van der Waals surface area (Å²) in [7, 11) is 0. The Morgan fingerprint density at radius 1 is 1.25 bits per heavy atom.